The monoisotopic (exact) mass is 291 g/mol. The van der Waals surface area contributed by atoms with Crippen molar-refractivity contribution in [2.75, 3.05) is 24.1 Å². The minimum atomic E-state index is -0.305. The molecular formula is C15H25N5O. The molecule has 2 heterocycles. The Balaban J connectivity index is 2.09. The number of piperidine rings is 1. The number of hydrogen-bond donors (Lipinski definition) is 2. The van der Waals surface area contributed by atoms with Gasteiger partial charge in [0.05, 0.1) is 0 Å². The summed E-state index contributed by atoms with van der Waals surface area (Å²) in [5, 5.41) is 3.20. The first-order valence-electron chi connectivity index (χ1n) is 7.71. The van der Waals surface area contributed by atoms with Gasteiger partial charge in [-0.05, 0) is 33.1 Å². The summed E-state index contributed by atoms with van der Waals surface area (Å²) in [5.74, 6) is 1.96. The fourth-order valence-electron chi connectivity index (χ4n) is 2.54. The van der Waals surface area contributed by atoms with Gasteiger partial charge in [0, 0.05) is 25.1 Å². The summed E-state index contributed by atoms with van der Waals surface area (Å²) in [4.78, 5) is 23.0. The average molecular weight is 291 g/mol. The van der Waals surface area contributed by atoms with Gasteiger partial charge in [-0.1, -0.05) is 6.92 Å². The van der Waals surface area contributed by atoms with Gasteiger partial charge in [-0.3, -0.25) is 4.79 Å². The van der Waals surface area contributed by atoms with Crippen LogP contribution < -0.4 is 11.1 Å². The zero-order chi connectivity index (χ0) is 15.4. The molecule has 0 aliphatic carbocycles. The first-order chi connectivity index (χ1) is 10.0. The summed E-state index contributed by atoms with van der Waals surface area (Å²) in [6.07, 6.45) is 4.12. The molecule has 1 atom stereocenters. The second-order valence-corrected chi connectivity index (χ2v) is 5.60. The molecule has 1 aliphatic rings. The fourth-order valence-corrected chi connectivity index (χ4v) is 2.54. The van der Waals surface area contributed by atoms with Crippen LogP contribution in [0.2, 0.25) is 0 Å². The summed E-state index contributed by atoms with van der Waals surface area (Å²) in [5.41, 5.74) is 6.70. The number of nitrogens with one attached hydrogen (secondary N) is 1. The molecule has 1 aliphatic heterocycles. The Bertz CT molecular complexity index is 511. The molecule has 0 saturated carbocycles. The van der Waals surface area contributed by atoms with Crippen molar-refractivity contribution in [1.82, 2.24) is 14.9 Å². The average Bonchev–Trinajstić information content (AvgIpc) is 2.51. The van der Waals surface area contributed by atoms with Crippen LogP contribution in [0.25, 0.3) is 0 Å². The zero-order valence-corrected chi connectivity index (χ0v) is 13.1. The molecule has 0 aromatic carbocycles. The van der Waals surface area contributed by atoms with E-state index in [-0.39, 0.29) is 11.9 Å². The molecule has 0 spiro atoms. The molecule has 2 rings (SSSR count). The lowest BCUT2D eigenvalue weighted by atomic mass is 10.1. The maximum absolute atomic E-state index is 12.4. The van der Waals surface area contributed by atoms with Crippen molar-refractivity contribution in [3.63, 3.8) is 0 Å². The van der Waals surface area contributed by atoms with Gasteiger partial charge in [0.2, 0.25) is 5.91 Å². The number of carbonyl (C=O) groups is 1. The molecule has 6 nitrogen and oxygen atoms in total. The maximum atomic E-state index is 12.4. The third kappa shape index (κ3) is 3.62. The summed E-state index contributed by atoms with van der Waals surface area (Å²) in [6.45, 7) is 7.44. The fraction of sp³-hybridized carbons (Fsp3) is 0.667. The van der Waals surface area contributed by atoms with Crippen LogP contribution in [0.15, 0.2) is 0 Å². The van der Waals surface area contributed by atoms with Crippen molar-refractivity contribution >= 4 is 17.5 Å². The van der Waals surface area contributed by atoms with E-state index in [4.69, 9.17) is 5.73 Å². The third-order valence-corrected chi connectivity index (χ3v) is 3.94. The molecule has 0 bridgehead atoms. The minimum absolute atomic E-state index is 0.129. The third-order valence-electron chi connectivity index (χ3n) is 3.94. The number of anilines is 2. The zero-order valence-electron chi connectivity index (χ0n) is 13.1. The van der Waals surface area contributed by atoms with Crippen LogP contribution in [-0.4, -0.2) is 39.9 Å². The van der Waals surface area contributed by atoms with Crippen LogP contribution in [0.4, 0.5) is 11.6 Å². The van der Waals surface area contributed by atoms with Crippen molar-refractivity contribution in [1.29, 1.82) is 0 Å². The van der Waals surface area contributed by atoms with E-state index in [0.29, 0.717) is 23.9 Å². The summed E-state index contributed by atoms with van der Waals surface area (Å²) >= 11 is 0. The highest BCUT2D eigenvalue weighted by molar-refractivity contribution is 5.84. The standard InChI is InChI=1S/C15H25N5O/c1-4-12-18-13(16)10(2)14(19-12)17-11(3)15(21)20-8-6-5-7-9-20/h11H,4-9H2,1-3H3,(H3,16,17,18,19). The first kappa shape index (κ1) is 15.5. The Labute approximate surface area is 126 Å². The largest absolute Gasteiger partial charge is 0.383 e. The van der Waals surface area contributed by atoms with Crippen molar-refractivity contribution in [3.8, 4) is 0 Å². The number of likely N-dealkylation sites (tertiary alicyclic amines) is 1. The van der Waals surface area contributed by atoms with Gasteiger partial charge >= 0.3 is 0 Å². The SMILES string of the molecule is CCc1nc(N)c(C)c(NC(C)C(=O)N2CCCCC2)n1. The Kier molecular flexibility index (Phi) is 4.98. The van der Waals surface area contributed by atoms with Crippen molar-refractivity contribution < 1.29 is 4.79 Å². The summed E-state index contributed by atoms with van der Waals surface area (Å²) in [6, 6.07) is -0.305. The van der Waals surface area contributed by atoms with Crippen LogP contribution in [0.1, 0.15) is 44.5 Å². The number of hydrogen-bond acceptors (Lipinski definition) is 5. The van der Waals surface area contributed by atoms with Crippen LogP contribution in [0.3, 0.4) is 0 Å². The highest BCUT2D eigenvalue weighted by Crippen LogP contribution is 2.19. The molecule has 1 aromatic rings. The minimum Gasteiger partial charge on any atom is -0.383 e. The molecule has 1 saturated heterocycles. The number of nitrogens with zero attached hydrogens (tertiary/aromatic N) is 3. The van der Waals surface area contributed by atoms with Gasteiger partial charge < -0.3 is 16.0 Å². The molecule has 21 heavy (non-hydrogen) atoms. The van der Waals surface area contributed by atoms with Crippen LogP contribution >= 0.6 is 0 Å². The number of nitrogens with two attached hydrogens (primary N) is 1. The van der Waals surface area contributed by atoms with E-state index < -0.39 is 0 Å². The maximum Gasteiger partial charge on any atom is 0.244 e. The molecule has 1 amide bonds. The quantitative estimate of drug-likeness (QED) is 0.882. The number of rotatable bonds is 4. The Morgan fingerprint density at radius 1 is 1.33 bits per heavy atom. The second kappa shape index (κ2) is 6.74. The number of nitrogen functional groups attached to an aromatic ring is 1. The smallest absolute Gasteiger partial charge is 0.244 e. The summed E-state index contributed by atoms with van der Waals surface area (Å²) in [7, 11) is 0. The highest BCUT2D eigenvalue weighted by Gasteiger charge is 2.23. The van der Waals surface area contributed by atoms with E-state index in [1.807, 2.05) is 25.7 Å². The molecule has 0 radical (unpaired) electrons. The lowest BCUT2D eigenvalue weighted by molar-refractivity contribution is -0.132. The lowest BCUT2D eigenvalue weighted by Crippen LogP contribution is -2.44. The second-order valence-electron chi connectivity index (χ2n) is 5.60. The number of aromatic nitrogens is 2. The number of aryl methyl sites for hydroxylation is 1. The molecular weight excluding hydrogens is 266 g/mol. The molecule has 1 unspecified atom stereocenters. The van der Waals surface area contributed by atoms with Crippen LogP contribution in [0.5, 0.6) is 0 Å². The molecule has 116 valence electrons. The van der Waals surface area contributed by atoms with E-state index >= 15 is 0 Å². The van der Waals surface area contributed by atoms with Gasteiger partial charge in [-0.2, -0.15) is 0 Å². The van der Waals surface area contributed by atoms with E-state index in [1.165, 1.54) is 6.42 Å². The topological polar surface area (TPSA) is 84.1 Å². The Morgan fingerprint density at radius 2 is 2.00 bits per heavy atom. The van der Waals surface area contributed by atoms with Gasteiger partial charge in [-0.15, -0.1) is 0 Å². The highest BCUT2D eigenvalue weighted by atomic mass is 16.2. The number of carbonyl (C=O) groups excluding carboxylic acids is 1. The summed E-state index contributed by atoms with van der Waals surface area (Å²) < 4.78 is 0. The molecule has 1 aromatic heterocycles. The predicted octanol–water partition coefficient (Wildman–Crippen LogP) is 1.74. The van der Waals surface area contributed by atoms with Crippen LogP contribution in [-0.2, 0) is 11.2 Å². The molecule has 3 N–H and O–H groups in total. The Morgan fingerprint density at radius 3 is 2.62 bits per heavy atom. The van der Waals surface area contributed by atoms with Crippen LogP contribution in [0, 0.1) is 6.92 Å². The van der Waals surface area contributed by atoms with Crippen molar-refractivity contribution in [2.24, 2.45) is 0 Å². The van der Waals surface area contributed by atoms with E-state index in [2.05, 4.69) is 15.3 Å². The van der Waals surface area contributed by atoms with E-state index in [9.17, 15) is 4.79 Å². The van der Waals surface area contributed by atoms with Gasteiger partial charge in [0.1, 0.15) is 23.5 Å². The van der Waals surface area contributed by atoms with Crippen molar-refractivity contribution in [2.45, 2.75) is 52.5 Å². The van der Waals surface area contributed by atoms with Crippen molar-refractivity contribution in [3.05, 3.63) is 11.4 Å². The predicted molar refractivity (Wildman–Crippen MR) is 84.1 cm³/mol. The van der Waals surface area contributed by atoms with E-state index in [0.717, 1.165) is 31.5 Å². The number of amides is 1. The first-order valence-corrected chi connectivity index (χ1v) is 7.71. The van der Waals surface area contributed by atoms with Gasteiger partial charge in [-0.25, -0.2) is 9.97 Å². The van der Waals surface area contributed by atoms with Gasteiger partial charge in [0.25, 0.3) is 0 Å². The lowest BCUT2D eigenvalue weighted by Gasteiger charge is -2.29. The van der Waals surface area contributed by atoms with Gasteiger partial charge in [0.15, 0.2) is 0 Å². The molecule has 1 fully saturated rings. The Hall–Kier alpha value is -1.85. The van der Waals surface area contributed by atoms with E-state index in [1.54, 1.807) is 0 Å². The normalized spacial score (nSPS) is 16.6. The molecule has 6 heteroatoms.